The van der Waals surface area contributed by atoms with Crippen LogP contribution in [0.4, 0.5) is 0 Å². The first-order valence-corrected chi connectivity index (χ1v) is 9.59. The van der Waals surface area contributed by atoms with Gasteiger partial charge >= 0.3 is 5.97 Å². The Morgan fingerprint density at radius 2 is 1.56 bits per heavy atom. The zero-order valence-electron chi connectivity index (χ0n) is 15.2. The fraction of sp³-hybridized carbons (Fsp3) is 0.529. The van der Waals surface area contributed by atoms with E-state index in [1.807, 2.05) is 27.7 Å². The molecule has 25 heavy (non-hydrogen) atoms. The summed E-state index contributed by atoms with van der Waals surface area (Å²) in [7, 11) is -3.83. The van der Waals surface area contributed by atoms with Crippen molar-refractivity contribution >= 4 is 21.9 Å². The molecule has 0 aliphatic rings. The second kappa shape index (κ2) is 8.96. The third-order valence-electron chi connectivity index (χ3n) is 3.48. The number of hydrogen-bond donors (Lipinski definition) is 1. The Morgan fingerprint density at radius 3 is 2.04 bits per heavy atom. The molecule has 0 spiro atoms. The number of nitrogens with one attached hydrogen (secondary N) is 1. The Morgan fingerprint density at radius 1 is 1.04 bits per heavy atom. The first kappa shape index (κ1) is 21.1. The van der Waals surface area contributed by atoms with Crippen LogP contribution in [0.15, 0.2) is 35.2 Å². The molecule has 1 amide bonds. The number of hydrogen-bond acceptors (Lipinski definition) is 5. The Kier molecular flexibility index (Phi) is 7.57. The van der Waals surface area contributed by atoms with Gasteiger partial charge in [-0.3, -0.25) is 9.59 Å². The van der Waals surface area contributed by atoms with Gasteiger partial charge in [-0.2, -0.15) is 4.72 Å². The van der Waals surface area contributed by atoms with Crippen molar-refractivity contribution in [2.45, 2.75) is 57.6 Å². The fourth-order valence-corrected chi connectivity index (χ4v) is 3.67. The number of carbonyl (C=O) groups excluding carboxylic acids is 2. The molecule has 0 bridgehead atoms. The molecule has 1 rings (SSSR count). The van der Waals surface area contributed by atoms with E-state index in [-0.39, 0.29) is 22.9 Å². The van der Waals surface area contributed by atoms with Crippen molar-refractivity contribution < 1.29 is 22.7 Å². The number of ether oxygens (including phenoxy) is 1. The van der Waals surface area contributed by atoms with E-state index in [1.54, 1.807) is 23.1 Å². The van der Waals surface area contributed by atoms with E-state index in [0.29, 0.717) is 0 Å². The normalized spacial score (nSPS) is 12.9. The third-order valence-corrected chi connectivity index (χ3v) is 5.03. The van der Waals surface area contributed by atoms with E-state index < -0.39 is 28.6 Å². The van der Waals surface area contributed by atoms with E-state index in [9.17, 15) is 18.0 Å². The molecule has 1 N–H and O–H groups in total. The number of benzene rings is 1. The van der Waals surface area contributed by atoms with Crippen molar-refractivity contribution in [2.75, 3.05) is 6.61 Å². The van der Waals surface area contributed by atoms with Crippen molar-refractivity contribution in [2.24, 2.45) is 0 Å². The molecule has 0 fully saturated rings. The Bertz CT molecular complexity index is 678. The minimum absolute atomic E-state index is 0.0276. The van der Waals surface area contributed by atoms with Crippen LogP contribution in [0.1, 0.15) is 34.6 Å². The summed E-state index contributed by atoms with van der Waals surface area (Å²) >= 11 is 0. The number of rotatable bonds is 8. The molecule has 1 atom stereocenters. The Labute approximate surface area is 149 Å². The second-order valence-electron chi connectivity index (χ2n) is 6.25. The zero-order valence-corrected chi connectivity index (χ0v) is 16.0. The van der Waals surface area contributed by atoms with Gasteiger partial charge in [0.2, 0.25) is 10.0 Å². The number of nitrogens with zero attached hydrogens (tertiary/aromatic N) is 1. The van der Waals surface area contributed by atoms with Gasteiger partial charge in [0.1, 0.15) is 6.04 Å². The van der Waals surface area contributed by atoms with Gasteiger partial charge in [0.15, 0.2) is 6.61 Å². The standard InChI is InChI=1S/C17H26N2O5S/c1-12(2)19(13(3)4)16(20)11-24-17(21)14(5)18-25(22,23)15-9-7-6-8-10-15/h6-10,12-14,18H,11H2,1-5H3. The van der Waals surface area contributed by atoms with Gasteiger partial charge in [0.25, 0.3) is 5.91 Å². The van der Waals surface area contributed by atoms with Crippen LogP contribution in [-0.4, -0.2) is 49.9 Å². The van der Waals surface area contributed by atoms with Crippen LogP contribution < -0.4 is 4.72 Å². The second-order valence-corrected chi connectivity index (χ2v) is 7.97. The monoisotopic (exact) mass is 370 g/mol. The Balaban J connectivity index is 2.64. The van der Waals surface area contributed by atoms with Gasteiger partial charge in [-0.05, 0) is 46.8 Å². The van der Waals surface area contributed by atoms with Crippen LogP contribution in [0.2, 0.25) is 0 Å². The van der Waals surface area contributed by atoms with Gasteiger partial charge in [-0.1, -0.05) is 18.2 Å². The van der Waals surface area contributed by atoms with Gasteiger partial charge < -0.3 is 9.64 Å². The molecule has 8 heteroatoms. The highest BCUT2D eigenvalue weighted by molar-refractivity contribution is 7.89. The summed E-state index contributed by atoms with van der Waals surface area (Å²) < 4.78 is 31.6. The zero-order chi connectivity index (χ0) is 19.2. The molecule has 7 nitrogen and oxygen atoms in total. The largest absolute Gasteiger partial charge is 0.454 e. The van der Waals surface area contributed by atoms with Crippen molar-refractivity contribution in [1.82, 2.24) is 9.62 Å². The average Bonchev–Trinajstić information content (AvgIpc) is 2.52. The lowest BCUT2D eigenvalue weighted by Crippen LogP contribution is -2.45. The molecule has 0 aliphatic carbocycles. The first-order chi connectivity index (χ1) is 11.6. The molecule has 0 saturated carbocycles. The molecule has 1 aromatic rings. The summed E-state index contributed by atoms with van der Waals surface area (Å²) in [6, 6.07) is 6.55. The van der Waals surface area contributed by atoms with Crippen LogP contribution in [0, 0.1) is 0 Å². The number of carbonyl (C=O) groups is 2. The SMILES string of the molecule is CC(NS(=O)(=O)c1ccccc1)C(=O)OCC(=O)N(C(C)C)C(C)C. The predicted molar refractivity (Wildman–Crippen MR) is 94.3 cm³/mol. The van der Waals surface area contributed by atoms with Crippen molar-refractivity contribution in [3.63, 3.8) is 0 Å². The lowest BCUT2D eigenvalue weighted by molar-refractivity contribution is -0.154. The molecule has 1 unspecified atom stereocenters. The van der Waals surface area contributed by atoms with Crippen LogP contribution >= 0.6 is 0 Å². The highest BCUT2D eigenvalue weighted by atomic mass is 32.2. The summed E-state index contributed by atoms with van der Waals surface area (Å²) in [5.41, 5.74) is 0. The number of sulfonamides is 1. The molecule has 0 saturated heterocycles. The van der Waals surface area contributed by atoms with Crippen LogP contribution in [0.3, 0.4) is 0 Å². The molecule has 140 valence electrons. The summed E-state index contributed by atoms with van der Waals surface area (Å²) in [6.45, 7) is 8.43. The van der Waals surface area contributed by atoms with Crippen molar-refractivity contribution in [3.8, 4) is 0 Å². The highest BCUT2D eigenvalue weighted by Crippen LogP contribution is 2.09. The van der Waals surface area contributed by atoms with Crippen LogP contribution in [0.25, 0.3) is 0 Å². The smallest absolute Gasteiger partial charge is 0.324 e. The lowest BCUT2D eigenvalue weighted by Gasteiger charge is -2.30. The first-order valence-electron chi connectivity index (χ1n) is 8.11. The maximum absolute atomic E-state index is 12.2. The van der Waals surface area contributed by atoms with E-state index >= 15 is 0 Å². The maximum atomic E-state index is 12.2. The van der Waals surface area contributed by atoms with E-state index in [2.05, 4.69) is 4.72 Å². The number of esters is 1. The molecule has 0 heterocycles. The van der Waals surface area contributed by atoms with Gasteiger partial charge in [-0.25, -0.2) is 8.42 Å². The van der Waals surface area contributed by atoms with E-state index in [4.69, 9.17) is 4.74 Å². The highest BCUT2D eigenvalue weighted by Gasteiger charge is 2.25. The van der Waals surface area contributed by atoms with Gasteiger partial charge in [-0.15, -0.1) is 0 Å². The molecular weight excluding hydrogens is 344 g/mol. The summed E-state index contributed by atoms with van der Waals surface area (Å²) in [4.78, 5) is 25.8. The maximum Gasteiger partial charge on any atom is 0.324 e. The average molecular weight is 370 g/mol. The van der Waals surface area contributed by atoms with Gasteiger partial charge in [0.05, 0.1) is 4.90 Å². The summed E-state index contributed by atoms with van der Waals surface area (Å²) in [5, 5.41) is 0. The van der Waals surface area contributed by atoms with E-state index in [0.717, 1.165) is 0 Å². The minimum Gasteiger partial charge on any atom is -0.454 e. The molecule has 0 aliphatic heterocycles. The van der Waals surface area contributed by atoms with Crippen molar-refractivity contribution in [3.05, 3.63) is 30.3 Å². The third kappa shape index (κ3) is 6.13. The Hall–Kier alpha value is -1.93. The molecule has 0 aromatic heterocycles. The predicted octanol–water partition coefficient (Wildman–Crippen LogP) is 1.54. The van der Waals surface area contributed by atoms with Crippen molar-refractivity contribution in [1.29, 1.82) is 0 Å². The van der Waals surface area contributed by atoms with E-state index in [1.165, 1.54) is 19.1 Å². The molecule has 0 radical (unpaired) electrons. The molecule has 1 aromatic carbocycles. The lowest BCUT2D eigenvalue weighted by atomic mass is 10.2. The summed E-state index contributed by atoms with van der Waals surface area (Å²) in [6.07, 6.45) is 0. The summed E-state index contributed by atoms with van der Waals surface area (Å²) in [5.74, 6) is -1.13. The number of amides is 1. The van der Waals surface area contributed by atoms with Crippen LogP contribution in [0.5, 0.6) is 0 Å². The van der Waals surface area contributed by atoms with Crippen LogP contribution in [-0.2, 0) is 24.3 Å². The fourth-order valence-electron chi connectivity index (χ4n) is 2.45. The quantitative estimate of drug-likeness (QED) is 0.701. The minimum atomic E-state index is -3.83. The molecular formula is C17H26N2O5S. The van der Waals surface area contributed by atoms with Gasteiger partial charge in [0, 0.05) is 12.1 Å². The topological polar surface area (TPSA) is 92.8 Å².